The first kappa shape index (κ1) is 14.5. The van der Waals surface area contributed by atoms with E-state index in [9.17, 15) is 9.18 Å². The van der Waals surface area contributed by atoms with Crippen molar-refractivity contribution < 1.29 is 4.39 Å². The van der Waals surface area contributed by atoms with Crippen LogP contribution in [0.1, 0.15) is 18.9 Å². The maximum absolute atomic E-state index is 14.6. The van der Waals surface area contributed by atoms with Gasteiger partial charge in [0.1, 0.15) is 5.82 Å². The number of hydrogen-bond acceptors (Lipinski definition) is 4. The third-order valence-corrected chi connectivity index (χ3v) is 4.91. The Morgan fingerprint density at radius 2 is 1.87 bits per heavy atom. The molecule has 2 aliphatic rings. The van der Waals surface area contributed by atoms with E-state index in [1.807, 2.05) is 10.6 Å². The van der Waals surface area contributed by atoms with E-state index in [4.69, 9.17) is 5.73 Å². The maximum atomic E-state index is 14.6. The predicted octanol–water partition coefficient (Wildman–Crippen LogP) is 1.81. The van der Waals surface area contributed by atoms with Gasteiger partial charge in [-0.1, -0.05) is 0 Å². The Hall–Kier alpha value is -2.08. The molecular weight excluding hydrogens is 295 g/mol. The molecule has 0 unspecified atom stereocenters. The van der Waals surface area contributed by atoms with E-state index in [-0.39, 0.29) is 16.9 Å². The number of fused-ring (bicyclic) bond motifs is 1. The SMILES string of the molecule is CN1CCN(c2cc3c(cc2F)c(=O)c(N)cn3C2CC2)CC1. The van der Waals surface area contributed by atoms with Crippen LogP contribution in [0.3, 0.4) is 0 Å². The van der Waals surface area contributed by atoms with E-state index >= 15 is 0 Å². The highest BCUT2D eigenvalue weighted by atomic mass is 19.1. The Labute approximate surface area is 134 Å². The molecule has 5 nitrogen and oxygen atoms in total. The first-order valence-electron chi connectivity index (χ1n) is 8.12. The van der Waals surface area contributed by atoms with Crippen LogP contribution < -0.4 is 16.1 Å². The maximum Gasteiger partial charge on any atom is 0.212 e. The second-order valence-corrected chi connectivity index (χ2v) is 6.66. The first-order chi connectivity index (χ1) is 11.0. The summed E-state index contributed by atoms with van der Waals surface area (Å²) in [5.74, 6) is -0.341. The molecule has 0 radical (unpaired) electrons. The second kappa shape index (κ2) is 5.23. The third-order valence-electron chi connectivity index (χ3n) is 4.91. The van der Waals surface area contributed by atoms with Gasteiger partial charge < -0.3 is 20.1 Å². The molecule has 1 aliphatic heterocycles. The zero-order chi connectivity index (χ0) is 16.1. The molecule has 0 bridgehead atoms. The van der Waals surface area contributed by atoms with Gasteiger partial charge in [0.15, 0.2) is 0 Å². The number of hydrogen-bond donors (Lipinski definition) is 1. The number of aromatic nitrogens is 1. The second-order valence-electron chi connectivity index (χ2n) is 6.66. The number of rotatable bonds is 2. The summed E-state index contributed by atoms with van der Waals surface area (Å²) in [7, 11) is 2.07. The number of nitrogen functional groups attached to an aromatic ring is 1. The molecule has 1 aromatic heterocycles. The molecule has 23 heavy (non-hydrogen) atoms. The Balaban J connectivity index is 1.87. The molecule has 0 atom stereocenters. The van der Waals surface area contributed by atoms with E-state index in [0.717, 1.165) is 44.5 Å². The number of likely N-dealkylation sites (N-methyl/N-ethyl adjacent to an activating group) is 1. The minimum atomic E-state index is -0.341. The summed E-state index contributed by atoms with van der Waals surface area (Å²) in [6, 6.07) is 3.57. The third kappa shape index (κ3) is 2.47. The van der Waals surface area contributed by atoms with E-state index in [2.05, 4.69) is 16.8 Å². The number of halogens is 1. The van der Waals surface area contributed by atoms with Crippen molar-refractivity contribution in [2.24, 2.45) is 0 Å². The summed E-state index contributed by atoms with van der Waals surface area (Å²) in [5.41, 5.74) is 7.12. The van der Waals surface area contributed by atoms with Crippen LogP contribution in [0.5, 0.6) is 0 Å². The molecule has 2 N–H and O–H groups in total. The van der Waals surface area contributed by atoms with E-state index in [0.29, 0.717) is 17.1 Å². The zero-order valence-electron chi connectivity index (χ0n) is 13.3. The molecule has 122 valence electrons. The van der Waals surface area contributed by atoms with Gasteiger partial charge in [-0.15, -0.1) is 0 Å². The fraction of sp³-hybridized carbons (Fsp3) is 0.471. The van der Waals surface area contributed by atoms with Crippen molar-refractivity contribution in [2.75, 3.05) is 43.9 Å². The Morgan fingerprint density at radius 1 is 1.17 bits per heavy atom. The molecule has 0 spiro atoms. The minimum Gasteiger partial charge on any atom is -0.394 e. The average molecular weight is 316 g/mol. The number of anilines is 2. The van der Waals surface area contributed by atoms with Crippen LogP contribution in [0.15, 0.2) is 23.1 Å². The van der Waals surface area contributed by atoms with Gasteiger partial charge in [-0.3, -0.25) is 4.79 Å². The van der Waals surface area contributed by atoms with Gasteiger partial charge in [-0.25, -0.2) is 4.39 Å². The van der Waals surface area contributed by atoms with Crippen molar-refractivity contribution in [1.82, 2.24) is 9.47 Å². The molecule has 1 aromatic carbocycles. The Bertz CT molecular complexity index is 819. The lowest BCUT2D eigenvalue weighted by atomic mass is 10.1. The number of nitrogens with zero attached hydrogens (tertiary/aromatic N) is 3. The highest BCUT2D eigenvalue weighted by molar-refractivity contribution is 5.85. The molecule has 6 heteroatoms. The van der Waals surface area contributed by atoms with Crippen LogP contribution >= 0.6 is 0 Å². The largest absolute Gasteiger partial charge is 0.394 e. The molecule has 1 aliphatic carbocycles. The lowest BCUT2D eigenvalue weighted by molar-refractivity contribution is 0.312. The van der Waals surface area contributed by atoms with Gasteiger partial charge in [0.05, 0.1) is 22.3 Å². The monoisotopic (exact) mass is 316 g/mol. The average Bonchev–Trinajstić information content (AvgIpc) is 3.36. The molecule has 2 heterocycles. The number of pyridine rings is 1. The molecular formula is C17H21FN4O. The van der Waals surface area contributed by atoms with Crippen molar-refractivity contribution >= 4 is 22.3 Å². The van der Waals surface area contributed by atoms with Gasteiger partial charge in [-0.2, -0.15) is 0 Å². The summed E-state index contributed by atoms with van der Waals surface area (Å²) in [6.07, 6.45) is 3.88. The summed E-state index contributed by atoms with van der Waals surface area (Å²) in [5, 5.41) is 0.382. The van der Waals surface area contributed by atoms with Gasteiger partial charge in [0.2, 0.25) is 5.43 Å². The molecule has 1 saturated carbocycles. The van der Waals surface area contributed by atoms with Crippen LogP contribution in [-0.4, -0.2) is 42.7 Å². The van der Waals surface area contributed by atoms with Gasteiger partial charge in [-0.05, 0) is 32.0 Å². The van der Waals surface area contributed by atoms with Crippen LogP contribution in [0.2, 0.25) is 0 Å². The molecule has 1 saturated heterocycles. The summed E-state index contributed by atoms with van der Waals surface area (Å²) in [4.78, 5) is 16.6. The van der Waals surface area contributed by atoms with Crippen molar-refractivity contribution in [3.63, 3.8) is 0 Å². The minimum absolute atomic E-state index is 0.191. The molecule has 0 amide bonds. The van der Waals surface area contributed by atoms with Gasteiger partial charge in [0, 0.05) is 38.4 Å². The highest BCUT2D eigenvalue weighted by Crippen LogP contribution is 2.38. The lowest BCUT2D eigenvalue weighted by Gasteiger charge is -2.34. The zero-order valence-corrected chi connectivity index (χ0v) is 13.3. The predicted molar refractivity (Wildman–Crippen MR) is 90.6 cm³/mol. The first-order valence-corrected chi connectivity index (χ1v) is 8.12. The fourth-order valence-electron chi connectivity index (χ4n) is 3.32. The van der Waals surface area contributed by atoms with E-state index in [1.54, 1.807) is 6.20 Å². The van der Waals surface area contributed by atoms with Crippen molar-refractivity contribution in [3.05, 3.63) is 34.4 Å². The van der Waals surface area contributed by atoms with Crippen molar-refractivity contribution in [1.29, 1.82) is 0 Å². The Morgan fingerprint density at radius 3 is 2.52 bits per heavy atom. The molecule has 2 aromatic rings. The summed E-state index contributed by atoms with van der Waals surface area (Å²) >= 11 is 0. The quantitative estimate of drug-likeness (QED) is 0.918. The van der Waals surface area contributed by atoms with Gasteiger partial charge >= 0.3 is 0 Å². The van der Waals surface area contributed by atoms with Crippen LogP contribution in [-0.2, 0) is 0 Å². The van der Waals surface area contributed by atoms with Crippen LogP contribution in [0.25, 0.3) is 10.9 Å². The van der Waals surface area contributed by atoms with Crippen LogP contribution in [0.4, 0.5) is 15.8 Å². The molecule has 2 fully saturated rings. The normalized spacial score (nSPS) is 19.5. The number of benzene rings is 1. The number of piperazine rings is 1. The standard InChI is InChI=1S/C17H21FN4O/c1-20-4-6-21(7-5-20)16-9-15-12(8-13(16)18)17(23)14(19)10-22(15)11-2-3-11/h8-11H,2-7,19H2,1H3. The topological polar surface area (TPSA) is 54.5 Å². The van der Waals surface area contributed by atoms with Crippen molar-refractivity contribution in [2.45, 2.75) is 18.9 Å². The van der Waals surface area contributed by atoms with E-state index in [1.165, 1.54) is 6.07 Å². The van der Waals surface area contributed by atoms with Gasteiger partial charge in [0.25, 0.3) is 0 Å². The Kier molecular flexibility index (Phi) is 3.30. The highest BCUT2D eigenvalue weighted by Gasteiger charge is 2.26. The van der Waals surface area contributed by atoms with E-state index < -0.39 is 0 Å². The van der Waals surface area contributed by atoms with Crippen LogP contribution in [0, 0.1) is 5.82 Å². The lowest BCUT2D eigenvalue weighted by Crippen LogP contribution is -2.44. The smallest absolute Gasteiger partial charge is 0.212 e. The molecule has 4 rings (SSSR count). The number of nitrogens with two attached hydrogens (primary N) is 1. The fourth-order valence-corrected chi connectivity index (χ4v) is 3.32. The van der Waals surface area contributed by atoms with Crippen molar-refractivity contribution in [3.8, 4) is 0 Å². The summed E-state index contributed by atoms with van der Waals surface area (Å²) in [6.45, 7) is 3.41. The summed E-state index contributed by atoms with van der Waals surface area (Å²) < 4.78 is 16.7.